The molecule has 10 nitrogen and oxygen atoms in total. The van der Waals surface area contributed by atoms with Crippen LogP contribution in [0.1, 0.15) is 29.7 Å². The van der Waals surface area contributed by atoms with Gasteiger partial charge in [0.15, 0.2) is 27.3 Å². The quantitative estimate of drug-likeness (QED) is 0.0781. The van der Waals surface area contributed by atoms with Crippen molar-refractivity contribution in [2.24, 2.45) is 0 Å². The number of ketones is 1. The number of phenolic OH excluding ortho intramolecular Hbond substituents is 1. The van der Waals surface area contributed by atoms with Gasteiger partial charge in [-0.05, 0) is 60.5 Å². The lowest BCUT2D eigenvalue weighted by atomic mass is 9.95. The molecule has 0 spiro atoms. The molecule has 4 aromatic rings. The first-order valence-corrected chi connectivity index (χ1v) is 15.4. The zero-order valence-corrected chi connectivity index (χ0v) is 25.0. The summed E-state index contributed by atoms with van der Waals surface area (Å²) in [5.41, 5.74) is 1.57. The third-order valence-electron chi connectivity index (χ3n) is 6.74. The van der Waals surface area contributed by atoms with Crippen molar-refractivity contribution in [1.29, 1.82) is 0 Å². The van der Waals surface area contributed by atoms with Crippen molar-refractivity contribution in [3.05, 3.63) is 87.9 Å². The molecule has 0 bridgehead atoms. The van der Waals surface area contributed by atoms with Gasteiger partial charge in [0.1, 0.15) is 19.0 Å². The minimum absolute atomic E-state index is 0.105. The van der Waals surface area contributed by atoms with Crippen molar-refractivity contribution in [1.82, 2.24) is 10.2 Å². The number of carbonyl (C=O) groups excluding carboxylic acids is 2. The number of hydrogen-bond acceptors (Lipinski definition) is 11. The topological polar surface area (TPSA) is 131 Å². The highest BCUT2D eigenvalue weighted by molar-refractivity contribution is 8.00. The fourth-order valence-corrected chi connectivity index (χ4v) is 6.70. The first-order valence-electron chi connectivity index (χ1n) is 13.2. The highest BCUT2D eigenvalue weighted by atomic mass is 35.5. The van der Waals surface area contributed by atoms with Gasteiger partial charge in [0.25, 0.3) is 5.78 Å². The molecule has 0 saturated carbocycles. The van der Waals surface area contributed by atoms with E-state index in [1.165, 1.54) is 28.8 Å². The predicted octanol–water partition coefficient (Wildman–Crippen LogP) is 5.99. The third-order valence-corrected chi connectivity index (χ3v) is 9.12. The number of nitrogens with zero attached hydrogens (tertiary/aromatic N) is 3. The number of rotatable bonds is 8. The van der Waals surface area contributed by atoms with Gasteiger partial charge >= 0.3 is 5.91 Å². The first-order chi connectivity index (χ1) is 20.8. The molecule has 1 unspecified atom stereocenters. The molecule has 43 heavy (non-hydrogen) atoms. The first kappa shape index (κ1) is 28.8. The summed E-state index contributed by atoms with van der Waals surface area (Å²) in [5.74, 6) is -0.584. The standard InChI is InChI=1S/C30H24ClN3O7S2/c1-2-39-22-13-17(5-9-20(22)35)25-24(26(36)18-6-10-21-23(14-18)41-12-11-40-21)27(37)28(38)34(25)29-32-33-30(43-29)42-15-16-3-7-19(31)8-4-16/h3-10,13-14,25,35-36H,2,11-12,15H2,1H3/b26-24+. The summed E-state index contributed by atoms with van der Waals surface area (Å²) in [6.45, 7) is 2.78. The van der Waals surface area contributed by atoms with Gasteiger partial charge in [-0.1, -0.05) is 52.9 Å². The van der Waals surface area contributed by atoms with Crippen LogP contribution in [0.15, 0.2) is 70.6 Å². The number of fused-ring (bicyclic) bond motifs is 1. The van der Waals surface area contributed by atoms with E-state index in [0.717, 1.165) is 16.9 Å². The second-order valence-electron chi connectivity index (χ2n) is 9.45. The Morgan fingerprint density at radius 2 is 1.84 bits per heavy atom. The molecule has 1 fully saturated rings. The van der Waals surface area contributed by atoms with Crippen LogP contribution in [0.5, 0.6) is 23.0 Å². The molecule has 2 aliphatic rings. The molecule has 0 aliphatic carbocycles. The molecule has 1 saturated heterocycles. The molecule has 2 N–H and O–H groups in total. The number of phenols is 1. The van der Waals surface area contributed by atoms with Gasteiger partial charge in [0, 0.05) is 16.3 Å². The Hall–Kier alpha value is -4.26. The highest BCUT2D eigenvalue weighted by Crippen LogP contribution is 2.46. The number of benzene rings is 3. The van der Waals surface area contributed by atoms with Gasteiger partial charge in [-0.25, -0.2) is 0 Å². The second kappa shape index (κ2) is 12.2. The van der Waals surface area contributed by atoms with Gasteiger partial charge in [0.2, 0.25) is 5.13 Å². The van der Waals surface area contributed by atoms with Crippen molar-refractivity contribution < 1.29 is 34.0 Å². The molecule has 0 radical (unpaired) electrons. The van der Waals surface area contributed by atoms with E-state index in [1.54, 1.807) is 43.3 Å². The van der Waals surface area contributed by atoms with E-state index >= 15 is 0 Å². The van der Waals surface area contributed by atoms with Crippen LogP contribution in [0.2, 0.25) is 5.02 Å². The zero-order chi connectivity index (χ0) is 30.1. The van der Waals surface area contributed by atoms with E-state index in [1.807, 2.05) is 12.1 Å². The maximum Gasteiger partial charge on any atom is 0.301 e. The lowest BCUT2D eigenvalue weighted by Crippen LogP contribution is -2.29. The van der Waals surface area contributed by atoms with Crippen LogP contribution in [0.4, 0.5) is 5.13 Å². The van der Waals surface area contributed by atoms with Crippen molar-refractivity contribution >= 4 is 57.3 Å². The SMILES string of the molecule is CCOc1cc(C2/C(=C(\O)c3ccc4c(c3)OCCO4)C(=O)C(=O)N2c2nnc(SCc3ccc(Cl)cc3)s2)ccc1O. The maximum absolute atomic E-state index is 13.6. The summed E-state index contributed by atoms with van der Waals surface area (Å²) in [6, 6.07) is 15.6. The van der Waals surface area contributed by atoms with Gasteiger partial charge in [-0.15, -0.1) is 10.2 Å². The summed E-state index contributed by atoms with van der Waals surface area (Å²) < 4.78 is 17.4. The number of ether oxygens (including phenoxy) is 3. The number of hydrogen-bond donors (Lipinski definition) is 2. The number of carbonyl (C=O) groups is 2. The number of aromatic hydroxyl groups is 1. The maximum atomic E-state index is 13.6. The van der Waals surface area contributed by atoms with Crippen molar-refractivity contribution in [2.75, 3.05) is 24.7 Å². The molecule has 220 valence electrons. The molecule has 1 amide bonds. The zero-order valence-electron chi connectivity index (χ0n) is 22.7. The van der Waals surface area contributed by atoms with Gasteiger partial charge in [-0.3, -0.25) is 14.5 Å². The number of anilines is 1. The molecule has 6 rings (SSSR count). The normalized spacial score (nSPS) is 17.3. The minimum atomic E-state index is -1.09. The van der Waals surface area contributed by atoms with Crippen molar-refractivity contribution in [2.45, 2.75) is 23.1 Å². The molecule has 2 aliphatic heterocycles. The van der Waals surface area contributed by atoms with Crippen molar-refractivity contribution in [3.8, 4) is 23.0 Å². The van der Waals surface area contributed by atoms with Crippen molar-refractivity contribution in [3.63, 3.8) is 0 Å². The summed E-state index contributed by atoms with van der Waals surface area (Å²) in [6.07, 6.45) is 0. The molecule has 13 heteroatoms. The third kappa shape index (κ3) is 5.73. The Morgan fingerprint density at radius 3 is 2.60 bits per heavy atom. The van der Waals surface area contributed by atoms with E-state index in [-0.39, 0.29) is 34.4 Å². The molecular weight excluding hydrogens is 614 g/mol. The van der Waals surface area contributed by atoms with Crippen LogP contribution in [-0.2, 0) is 15.3 Å². The van der Waals surface area contributed by atoms with Crippen LogP contribution in [-0.4, -0.2) is 51.9 Å². The lowest BCUT2D eigenvalue weighted by molar-refractivity contribution is -0.132. The summed E-state index contributed by atoms with van der Waals surface area (Å²) in [5, 5.41) is 31.2. The minimum Gasteiger partial charge on any atom is -0.507 e. The number of aliphatic hydroxyl groups is 1. The Labute approximate surface area is 259 Å². The van der Waals surface area contributed by atoms with E-state index in [9.17, 15) is 19.8 Å². The van der Waals surface area contributed by atoms with Gasteiger partial charge < -0.3 is 24.4 Å². The number of halogens is 1. The molecular formula is C30H24ClN3O7S2. The number of aromatic nitrogens is 2. The molecule has 1 atom stereocenters. The highest BCUT2D eigenvalue weighted by Gasteiger charge is 2.48. The average Bonchev–Trinajstić information content (AvgIpc) is 3.59. The summed E-state index contributed by atoms with van der Waals surface area (Å²) in [7, 11) is 0. The van der Waals surface area contributed by atoms with Crippen LogP contribution in [0.25, 0.3) is 5.76 Å². The predicted molar refractivity (Wildman–Crippen MR) is 162 cm³/mol. The van der Waals surface area contributed by atoms with Gasteiger partial charge in [0.05, 0.1) is 18.2 Å². The Morgan fingerprint density at radius 1 is 1.07 bits per heavy atom. The Bertz CT molecular complexity index is 1740. The summed E-state index contributed by atoms with van der Waals surface area (Å²) >= 11 is 8.56. The average molecular weight is 638 g/mol. The van der Waals surface area contributed by atoms with Crippen LogP contribution >= 0.6 is 34.7 Å². The molecule has 3 aromatic carbocycles. The number of thioether (sulfide) groups is 1. The Balaban J connectivity index is 1.41. The largest absolute Gasteiger partial charge is 0.507 e. The van der Waals surface area contributed by atoms with E-state index in [0.29, 0.717) is 45.4 Å². The number of Topliss-reactive ketones (excluding diaryl/α,β-unsaturated/α-hetero) is 1. The van der Waals surface area contributed by atoms with Crippen LogP contribution in [0, 0.1) is 0 Å². The monoisotopic (exact) mass is 637 g/mol. The van der Waals surface area contributed by atoms with Crippen LogP contribution < -0.4 is 19.1 Å². The Kier molecular flexibility index (Phi) is 8.15. The molecule has 1 aromatic heterocycles. The number of aliphatic hydroxyl groups excluding tert-OH is 1. The van der Waals surface area contributed by atoms with E-state index in [2.05, 4.69) is 10.2 Å². The second-order valence-corrected chi connectivity index (χ2v) is 12.1. The molecule has 3 heterocycles. The van der Waals surface area contributed by atoms with E-state index in [4.69, 9.17) is 25.8 Å². The fourth-order valence-electron chi connectivity index (χ4n) is 4.75. The fraction of sp³-hybridized carbons (Fsp3) is 0.200. The van der Waals surface area contributed by atoms with E-state index < -0.39 is 23.5 Å². The van der Waals surface area contributed by atoms with Crippen LogP contribution in [0.3, 0.4) is 0 Å². The smallest absolute Gasteiger partial charge is 0.301 e. The lowest BCUT2D eigenvalue weighted by Gasteiger charge is -2.23. The number of amides is 1. The summed E-state index contributed by atoms with van der Waals surface area (Å²) in [4.78, 5) is 28.4. The van der Waals surface area contributed by atoms with Gasteiger partial charge in [-0.2, -0.15) is 0 Å².